The van der Waals surface area contributed by atoms with Crippen molar-refractivity contribution in [2.75, 3.05) is 54.7 Å². The number of hydrogen-bond acceptors (Lipinski definition) is 9. The van der Waals surface area contributed by atoms with Gasteiger partial charge in [-0.25, -0.2) is 4.98 Å². The van der Waals surface area contributed by atoms with Crippen molar-refractivity contribution >= 4 is 17.7 Å². The quantitative estimate of drug-likeness (QED) is 0.454. The number of rotatable bonds is 5. The third-order valence-corrected chi connectivity index (χ3v) is 7.63. The first-order valence-corrected chi connectivity index (χ1v) is 13.3. The molecule has 12 heteroatoms. The number of ether oxygens (including phenoxy) is 2. The Morgan fingerprint density at radius 1 is 0.897 bits per heavy atom. The first-order valence-electron chi connectivity index (χ1n) is 13.3. The van der Waals surface area contributed by atoms with Crippen LogP contribution in [0.5, 0.6) is 11.5 Å². The Morgan fingerprint density at radius 2 is 1.64 bits per heavy atom. The lowest BCUT2D eigenvalue weighted by Gasteiger charge is -2.37. The second kappa shape index (κ2) is 10.4. The third kappa shape index (κ3) is 5.24. The second-order valence-electron chi connectivity index (χ2n) is 10.1. The van der Waals surface area contributed by atoms with Crippen molar-refractivity contribution in [1.82, 2.24) is 19.9 Å². The Kier molecular flexibility index (Phi) is 6.78. The van der Waals surface area contributed by atoms with Crippen LogP contribution in [0.1, 0.15) is 37.7 Å². The summed E-state index contributed by atoms with van der Waals surface area (Å²) in [6, 6.07) is 8.34. The Morgan fingerprint density at radius 3 is 2.41 bits per heavy atom. The summed E-state index contributed by atoms with van der Waals surface area (Å²) in [5, 5.41) is 0. The van der Waals surface area contributed by atoms with Gasteiger partial charge in [0.05, 0.1) is 5.56 Å². The number of piperazine rings is 1. The smallest absolute Gasteiger partial charge is 0.419 e. The molecule has 0 amide bonds. The molecule has 0 atom stereocenters. The number of pyridine rings is 1. The van der Waals surface area contributed by atoms with Gasteiger partial charge in [0, 0.05) is 51.0 Å². The predicted molar refractivity (Wildman–Crippen MR) is 140 cm³/mol. The van der Waals surface area contributed by atoms with Gasteiger partial charge in [0.25, 0.3) is 0 Å². The number of hydrogen-bond donors (Lipinski definition) is 0. The molecule has 0 bridgehead atoms. The summed E-state index contributed by atoms with van der Waals surface area (Å²) in [4.78, 5) is 24.4. The van der Waals surface area contributed by atoms with E-state index in [-0.39, 0.29) is 12.6 Å². The van der Waals surface area contributed by atoms with E-state index in [0.717, 1.165) is 24.5 Å². The standard InChI is InChI=1S/C27H30F3N7O2/c1-35(19-6-3-2-4-7-19)25-32-23(18-9-10-21-22(16-18)39-17-38-21)33-26(34-25)37-14-12-36(13-15-37)24-20(27(28,29)30)8-5-11-31-24/h5,8-11,16,19H,2-4,6-7,12-15,17H2,1H3. The SMILES string of the molecule is CN(c1nc(-c2ccc3c(c2)OCO3)nc(N2CCN(c3ncccc3C(F)(F)F)CC2)n1)C1CCCCC1. The van der Waals surface area contributed by atoms with Crippen molar-refractivity contribution in [1.29, 1.82) is 0 Å². The van der Waals surface area contributed by atoms with Crippen molar-refractivity contribution in [3.63, 3.8) is 0 Å². The van der Waals surface area contributed by atoms with Crippen LogP contribution in [0.15, 0.2) is 36.5 Å². The van der Waals surface area contributed by atoms with E-state index in [2.05, 4.69) is 9.88 Å². The molecule has 3 aromatic rings. The number of fused-ring (bicyclic) bond motifs is 1. The number of benzene rings is 1. The van der Waals surface area contributed by atoms with E-state index in [9.17, 15) is 13.2 Å². The number of alkyl halides is 3. The van der Waals surface area contributed by atoms with Gasteiger partial charge in [0.2, 0.25) is 18.7 Å². The topological polar surface area (TPSA) is 79.7 Å². The maximum atomic E-state index is 13.6. The molecule has 39 heavy (non-hydrogen) atoms. The highest BCUT2D eigenvalue weighted by atomic mass is 19.4. The molecule has 4 heterocycles. The Labute approximate surface area is 224 Å². The minimum atomic E-state index is -4.47. The highest BCUT2D eigenvalue weighted by Gasteiger charge is 2.36. The normalized spacial score (nSPS) is 17.9. The first kappa shape index (κ1) is 25.4. The van der Waals surface area contributed by atoms with Gasteiger partial charge in [-0.15, -0.1) is 0 Å². The number of halogens is 3. The van der Waals surface area contributed by atoms with Crippen LogP contribution in [0.2, 0.25) is 0 Å². The van der Waals surface area contributed by atoms with Crippen molar-refractivity contribution in [3.8, 4) is 22.9 Å². The minimum Gasteiger partial charge on any atom is -0.454 e. The fourth-order valence-corrected chi connectivity index (χ4v) is 5.44. The summed E-state index contributed by atoms with van der Waals surface area (Å²) in [6.07, 6.45) is 2.70. The maximum Gasteiger partial charge on any atom is 0.419 e. The number of nitrogens with zero attached hydrogens (tertiary/aromatic N) is 7. The van der Waals surface area contributed by atoms with Gasteiger partial charge in [-0.2, -0.15) is 28.1 Å². The molecule has 1 aliphatic carbocycles. The van der Waals surface area contributed by atoms with E-state index in [1.807, 2.05) is 30.1 Å². The van der Waals surface area contributed by atoms with E-state index >= 15 is 0 Å². The molecule has 206 valence electrons. The van der Waals surface area contributed by atoms with Gasteiger partial charge in [0.15, 0.2) is 17.3 Å². The van der Waals surface area contributed by atoms with Crippen LogP contribution in [0.4, 0.5) is 30.9 Å². The fraction of sp³-hybridized carbons (Fsp3) is 0.481. The molecule has 0 spiro atoms. The van der Waals surface area contributed by atoms with Gasteiger partial charge in [-0.1, -0.05) is 19.3 Å². The summed E-state index contributed by atoms with van der Waals surface area (Å²) < 4.78 is 51.8. The molecule has 0 radical (unpaired) electrons. The zero-order chi connectivity index (χ0) is 27.0. The van der Waals surface area contributed by atoms with Gasteiger partial charge in [-0.05, 0) is 43.2 Å². The largest absolute Gasteiger partial charge is 0.454 e. The lowest BCUT2D eigenvalue weighted by atomic mass is 9.95. The van der Waals surface area contributed by atoms with Crippen molar-refractivity contribution in [2.24, 2.45) is 0 Å². The van der Waals surface area contributed by atoms with Gasteiger partial charge in [-0.3, -0.25) is 0 Å². The van der Waals surface area contributed by atoms with Crippen LogP contribution < -0.4 is 24.2 Å². The fourth-order valence-electron chi connectivity index (χ4n) is 5.44. The van der Waals surface area contributed by atoms with Crippen LogP contribution in [0.25, 0.3) is 11.4 Å². The molecule has 0 unspecified atom stereocenters. The summed E-state index contributed by atoms with van der Waals surface area (Å²) in [5.41, 5.74) is 0.0585. The average molecular weight is 542 g/mol. The van der Waals surface area contributed by atoms with Gasteiger partial charge in [0.1, 0.15) is 5.82 Å². The van der Waals surface area contributed by atoms with Crippen LogP contribution in [0, 0.1) is 0 Å². The maximum absolute atomic E-state index is 13.6. The predicted octanol–water partition coefficient (Wildman–Crippen LogP) is 4.78. The molecule has 2 fully saturated rings. The van der Waals surface area contributed by atoms with Crippen molar-refractivity contribution < 1.29 is 22.6 Å². The minimum absolute atomic E-state index is 0.0425. The molecule has 2 aromatic heterocycles. The van der Waals surface area contributed by atoms with Crippen LogP contribution in [-0.4, -0.2) is 66.0 Å². The zero-order valence-electron chi connectivity index (χ0n) is 21.7. The molecule has 2 aliphatic heterocycles. The molecule has 6 rings (SSSR count). The van der Waals surface area contributed by atoms with E-state index in [4.69, 9.17) is 24.4 Å². The molecule has 1 saturated carbocycles. The van der Waals surface area contributed by atoms with E-state index in [1.165, 1.54) is 31.5 Å². The van der Waals surface area contributed by atoms with Crippen LogP contribution in [0.3, 0.4) is 0 Å². The van der Waals surface area contributed by atoms with Gasteiger partial charge >= 0.3 is 6.18 Å². The Balaban J connectivity index is 1.29. The molecular formula is C27H30F3N7O2. The highest BCUT2D eigenvalue weighted by Crippen LogP contribution is 2.37. The lowest BCUT2D eigenvalue weighted by Crippen LogP contribution is -2.48. The summed E-state index contributed by atoms with van der Waals surface area (Å²) in [6.45, 7) is 1.79. The molecule has 1 saturated heterocycles. The Hall–Kier alpha value is -3.83. The van der Waals surface area contributed by atoms with Crippen LogP contribution in [-0.2, 0) is 6.18 Å². The molecule has 9 nitrogen and oxygen atoms in total. The Bertz CT molecular complexity index is 1320. The zero-order valence-corrected chi connectivity index (χ0v) is 21.7. The van der Waals surface area contributed by atoms with Gasteiger partial charge < -0.3 is 24.2 Å². The summed E-state index contributed by atoms with van der Waals surface area (Å²) in [7, 11) is 2.02. The average Bonchev–Trinajstić information content (AvgIpc) is 3.45. The first-order chi connectivity index (χ1) is 18.9. The number of aromatic nitrogens is 4. The molecule has 3 aliphatic rings. The monoisotopic (exact) mass is 541 g/mol. The second-order valence-corrected chi connectivity index (χ2v) is 10.1. The highest BCUT2D eigenvalue weighted by molar-refractivity contribution is 5.64. The molecular weight excluding hydrogens is 511 g/mol. The van der Waals surface area contributed by atoms with E-state index in [1.54, 1.807) is 4.90 Å². The molecule has 1 aromatic carbocycles. The lowest BCUT2D eigenvalue weighted by molar-refractivity contribution is -0.137. The summed E-state index contributed by atoms with van der Waals surface area (Å²) in [5.74, 6) is 2.89. The third-order valence-electron chi connectivity index (χ3n) is 7.63. The molecule has 0 N–H and O–H groups in total. The van der Waals surface area contributed by atoms with E-state index < -0.39 is 11.7 Å². The van der Waals surface area contributed by atoms with Crippen molar-refractivity contribution in [2.45, 2.75) is 44.3 Å². The number of anilines is 3. The summed E-state index contributed by atoms with van der Waals surface area (Å²) >= 11 is 0. The van der Waals surface area contributed by atoms with Crippen molar-refractivity contribution in [3.05, 3.63) is 42.1 Å². The van der Waals surface area contributed by atoms with E-state index in [0.29, 0.717) is 61.4 Å². The van der Waals surface area contributed by atoms with Crippen LogP contribution >= 0.6 is 0 Å².